The van der Waals surface area contributed by atoms with Gasteiger partial charge < -0.3 is 10.5 Å². The first kappa shape index (κ1) is 14.0. The molecule has 3 nitrogen and oxygen atoms in total. The molecule has 0 saturated heterocycles. The molecule has 1 aromatic rings. The zero-order valence-corrected chi connectivity index (χ0v) is 11.4. The van der Waals surface area contributed by atoms with E-state index in [-0.39, 0.29) is 11.5 Å². The summed E-state index contributed by atoms with van der Waals surface area (Å²) >= 11 is 0. The third-order valence-electron chi connectivity index (χ3n) is 2.94. The molecule has 0 bridgehead atoms. The van der Waals surface area contributed by atoms with Gasteiger partial charge in [-0.25, -0.2) is 0 Å². The number of hydrogen-bond acceptors (Lipinski definition) is 3. The first-order valence-electron chi connectivity index (χ1n) is 6.25. The molecule has 0 amide bonds. The van der Waals surface area contributed by atoms with Crippen LogP contribution >= 0.6 is 0 Å². The Balaban J connectivity index is 2.54. The van der Waals surface area contributed by atoms with Crippen LogP contribution < -0.4 is 10.5 Å². The molecule has 0 radical (unpaired) electrons. The van der Waals surface area contributed by atoms with E-state index in [0.29, 0.717) is 6.61 Å². The molecule has 0 spiro atoms. The van der Waals surface area contributed by atoms with Gasteiger partial charge in [0.25, 0.3) is 0 Å². The van der Waals surface area contributed by atoms with Crippen molar-refractivity contribution in [1.82, 2.24) is 4.98 Å². The van der Waals surface area contributed by atoms with Gasteiger partial charge in [-0.3, -0.25) is 4.98 Å². The molecule has 96 valence electrons. The molecule has 1 atom stereocenters. The first-order valence-corrected chi connectivity index (χ1v) is 6.25. The molecule has 1 heterocycles. The van der Waals surface area contributed by atoms with Crippen molar-refractivity contribution >= 4 is 0 Å². The van der Waals surface area contributed by atoms with Crippen LogP contribution in [-0.4, -0.2) is 17.6 Å². The van der Waals surface area contributed by atoms with Gasteiger partial charge in [-0.15, -0.1) is 0 Å². The Morgan fingerprint density at radius 3 is 2.65 bits per heavy atom. The monoisotopic (exact) mass is 236 g/mol. The number of pyridine rings is 1. The highest BCUT2D eigenvalue weighted by Gasteiger charge is 2.20. The van der Waals surface area contributed by atoms with Gasteiger partial charge in [0.05, 0.1) is 12.8 Å². The van der Waals surface area contributed by atoms with Gasteiger partial charge in [0.15, 0.2) is 0 Å². The molecule has 1 aromatic heterocycles. The molecular weight excluding hydrogens is 212 g/mol. The predicted molar refractivity (Wildman–Crippen MR) is 71.2 cm³/mol. The topological polar surface area (TPSA) is 48.1 Å². The first-order chi connectivity index (χ1) is 7.93. The van der Waals surface area contributed by atoms with Gasteiger partial charge >= 0.3 is 0 Å². The van der Waals surface area contributed by atoms with Gasteiger partial charge in [-0.2, -0.15) is 0 Å². The lowest BCUT2D eigenvalue weighted by molar-refractivity contribution is 0.305. The second kappa shape index (κ2) is 6.01. The lowest BCUT2D eigenvalue weighted by Gasteiger charge is -2.26. The highest BCUT2D eigenvalue weighted by atomic mass is 16.5. The fourth-order valence-corrected chi connectivity index (χ4v) is 1.60. The van der Waals surface area contributed by atoms with E-state index in [2.05, 4.69) is 25.8 Å². The minimum absolute atomic E-state index is 0.158. The number of aromatic nitrogens is 1. The fourth-order valence-electron chi connectivity index (χ4n) is 1.60. The van der Waals surface area contributed by atoms with E-state index in [1.54, 1.807) is 6.20 Å². The summed E-state index contributed by atoms with van der Waals surface area (Å²) in [6.45, 7) is 9.17. The molecule has 0 saturated carbocycles. The summed E-state index contributed by atoms with van der Waals surface area (Å²) in [5, 5.41) is 0. The third-order valence-corrected chi connectivity index (χ3v) is 2.94. The standard InChI is InChI=1S/C14H24N2O/c1-5-17-12-8-11(9-16-10-12)6-7-13(15)14(2,3)4/h8-10,13H,5-7,15H2,1-4H3. The summed E-state index contributed by atoms with van der Waals surface area (Å²) in [7, 11) is 0. The van der Waals surface area contributed by atoms with E-state index in [9.17, 15) is 0 Å². The molecular formula is C14H24N2O. The van der Waals surface area contributed by atoms with E-state index < -0.39 is 0 Å². The summed E-state index contributed by atoms with van der Waals surface area (Å²) in [6.07, 6.45) is 5.56. The zero-order chi connectivity index (χ0) is 12.9. The molecule has 0 aromatic carbocycles. The van der Waals surface area contributed by atoms with Gasteiger partial charge in [-0.1, -0.05) is 20.8 Å². The van der Waals surface area contributed by atoms with Crippen molar-refractivity contribution in [3.63, 3.8) is 0 Å². The quantitative estimate of drug-likeness (QED) is 0.855. The Hall–Kier alpha value is -1.09. The minimum atomic E-state index is 0.158. The second-order valence-corrected chi connectivity index (χ2v) is 5.47. The summed E-state index contributed by atoms with van der Waals surface area (Å²) < 4.78 is 5.43. The van der Waals surface area contributed by atoms with E-state index in [1.165, 1.54) is 5.56 Å². The van der Waals surface area contributed by atoms with Crippen molar-refractivity contribution < 1.29 is 4.74 Å². The molecule has 1 rings (SSSR count). The SMILES string of the molecule is CCOc1cncc(CCC(N)C(C)(C)C)c1. The smallest absolute Gasteiger partial charge is 0.137 e. The van der Waals surface area contributed by atoms with Crippen molar-refractivity contribution in [2.75, 3.05) is 6.61 Å². The summed E-state index contributed by atoms with van der Waals surface area (Å²) in [5.74, 6) is 0.842. The highest BCUT2D eigenvalue weighted by molar-refractivity contribution is 5.23. The van der Waals surface area contributed by atoms with E-state index in [0.717, 1.165) is 18.6 Å². The van der Waals surface area contributed by atoms with Crippen LogP contribution in [0.3, 0.4) is 0 Å². The Bertz CT molecular complexity index is 344. The van der Waals surface area contributed by atoms with Crippen LogP contribution in [0, 0.1) is 5.41 Å². The Morgan fingerprint density at radius 2 is 2.06 bits per heavy atom. The van der Waals surface area contributed by atoms with Gasteiger partial charge in [-0.05, 0) is 36.8 Å². The van der Waals surface area contributed by atoms with Crippen LogP contribution in [0.5, 0.6) is 5.75 Å². The highest BCUT2D eigenvalue weighted by Crippen LogP contribution is 2.21. The van der Waals surface area contributed by atoms with Crippen LogP contribution in [-0.2, 0) is 6.42 Å². The molecule has 2 N–H and O–H groups in total. The Kier molecular flexibility index (Phi) is 4.94. The molecule has 0 aliphatic heterocycles. The van der Waals surface area contributed by atoms with Crippen LogP contribution in [0.2, 0.25) is 0 Å². The maximum Gasteiger partial charge on any atom is 0.137 e. The average molecular weight is 236 g/mol. The second-order valence-electron chi connectivity index (χ2n) is 5.47. The van der Waals surface area contributed by atoms with Crippen LogP contribution in [0.4, 0.5) is 0 Å². The molecule has 0 fully saturated rings. The van der Waals surface area contributed by atoms with Crippen molar-refractivity contribution in [2.24, 2.45) is 11.1 Å². The van der Waals surface area contributed by atoms with Crippen LogP contribution in [0.1, 0.15) is 39.7 Å². The normalized spacial score (nSPS) is 13.5. The maximum absolute atomic E-state index is 6.14. The van der Waals surface area contributed by atoms with Crippen LogP contribution in [0.15, 0.2) is 18.5 Å². The predicted octanol–water partition coefficient (Wildman–Crippen LogP) is 2.79. The molecule has 17 heavy (non-hydrogen) atoms. The van der Waals surface area contributed by atoms with Crippen molar-refractivity contribution in [1.29, 1.82) is 0 Å². The third kappa shape index (κ3) is 4.73. The van der Waals surface area contributed by atoms with Crippen molar-refractivity contribution in [3.05, 3.63) is 24.0 Å². The summed E-state index contributed by atoms with van der Waals surface area (Å²) in [5.41, 5.74) is 7.49. The molecule has 3 heteroatoms. The number of nitrogens with two attached hydrogens (primary N) is 1. The van der Waals surface area contributed by atoms with E-state index in [1.807, 2.05) is 19.2 Å². The largest absolute Gasteiger partial charge is 0.492 e. The zero-order valence-electron chi connectivity index (χ0n) is 11.4. The molecule has 0 aliphatic carbocycles. The number of hydrogen-bond donors (Lipinski definition) is 1. The van der Waals surface area contributed by atoms with Gasteiger partial charge in [0.1, 0.15) is 5.75 Å². The average Bonchev–Trinajstić information content (AvgIpc) is 2.25. The van der Waals surface area contributed by atoms with E-state index >= 15 is 0 Å². The number of ether oxygens (including phenoxy) is 1. The number of nitrogens with zero attached hydrogens (tertiary/aromatic N) is 1. The Labute approximate surface area is 104 Å². The Morgan fingerprint density at radius 1 is 1.35 bits per heavy atom. The molecule has 1 unspecified atom stereocenters. The fraction of sp³-hybridized carbons (Fsp3) is 0.643. The number of aryl methyl sites for hydroxylation is 1. The summed E-state index contributed by atoms with van der Waals surface area (Å²) in [6, 6.07) is 2.25. The van der Waals surface area contributed by atoms with Gasteiger partial charge in [0.2, 0.25) is 0 Å². The van der Waals surface area contributed by atoms with Crippen molar-refractivity contribution in [2.45, 2.75) is 46.6 Å². The maximum atomic E-state index is 6.14. The lowest BCUT2D eigenvalue weighted by atomic mass is 9.84. The molecule has 0 aliphatic rings. The van der Waals surface area contributed by atoms with Gasteiger partial charge in [0, 0.05) is 12.2 Å². The van der Waals surface area contributed by atoms with Crippen LogP contribution in [0.25, 0.3) is 0 Å². The van der Waals surface area contributed by atoms with E-state index in [4.69, 9.17) is 10.5 Å². The minimum Gasteiger partial charge on any atom is -0.492 e. The summed E-state index contributed by atoms with van der Waals surface area (Å²) in [4.78, 5) is 4.18. The van der Waals surface area contributed by atoms with Crippen molar-refractivity contribution in [3.8, 4) is 5.75 Å². The lowest BCUT2D eigenvalue weighted by Crippen LogP contribution is -2.35. The number of rotatable bonds is 5.